The second-order valence-electron chi connectivity index (χ2n) is 9.28. The summed E-state index contributed by atoms with van der Waals surface area (Å²) < 4.78 is 40.1. The number of piperazine rings is 1. The van der Waals surface area contributed by atoms with Gasteiger partial charge in [-0.3, -0.25) is 4.79 Å². The van der Waals surface area contributed by atoms with Crippen LogP contribution in [0.5, 0.6) is 0 Å². The normalized spacial score (nSPS) is 20.5. The molecule has 2 aliphatic heterocycles. The summed E-state index contributed by atoms with van der Waals surface area (Å²) >= 11 is 6.43. The Morgan fingerprint density at radius 3 is 2.61 bits per heavy atom. The maximum Gasteiger partial charge on any atom is 0.416 e. The third-order valence-corrected chi connectivity index (χ3v) is 6.91. The fourth-order valence-corrected chi connectivity index (χ4v) is 5.10. The van der Waals surface area contributed by atoms with Crippen LogP contribution in [0.1, 0.15) is 31.4 Å². The topological polar surface area (TPSA) is 35.6 Å². The molecular formula is C25H29ClF3N3O. The van der Waals surface area contributed by atoms with Crippen LogP contribution >= 0.6 is 11.6 Å². The summed E-state index contributed by atoms with van der Waals surface area (Å²) in [6, 6.07) is 11.4. The number of amides is 1. The van der Waals surface area contributed by atoms with Crippen molar-refractivity contribution >= 4 is 28.9 Å². The van der Waals surface area contributed by atoms with E-state index in [2.05, 4.69) is 29.0 Å². The highest BCUT2D eigenvalue weighted by Crippen LogP contribution is 2.40. The molecule has 2 aliphatic rings. The molecule has 0 saturated carbocycles. The highest BCUT2D eigenvalue weighted by Gasteiger charge is 2.43. The van der Waals surface area contributed by atoms with Gasteiger partial charge in [0.1, 0.15) is 0 Å². The van der Waals surface area contributed by atoms with E-state index in [-0.39, 0.29) is 18.4 Å². The van der Waals surface area contributed by atoms with Crippen LogP contribution in [0.4, 0.5) is 24.5 Å². The van der Waals surface area contributed by atoms with Crippen LogP contribution in [-0.2, 0) is 17.4 Å². The van der Waals surface area contributed by atoms with Crippen molar-refractivity contribution < 1.29 is 18.0 Å². The SMILES string of the molecule is CC(C)CCNC(=O)C1Cc2cc(C(F)(F)F)ccc2N2CCN(c3ccccc3Cl)CC12. The Labute approximate surface area is 197 Å². The Hall–Kier alpha value is -2.41. The van der Waals surface area contributed by atoms with E-state index >= 15 is 0 Å². The van der Waals surface area contributed by atoms with Crippen molar-refractivity contribution in [3.63, 3.8) is 0 Å². The molecule has 1 fully saturated rings. The molecule has 0 radical (unpaired) electrons. The van der Waals surface area contributed by atoms with Gasteiger partial charge >= 0.3 is 6.18 Å². The van der Waals surface area contributed by atoms with Gasteiger partial charge in [0.2, 0.25) is 5.91 Å². The lowest BCUT2D eigenvalue weighted by atomic mass is 9.82. The molecule has 1 N–H and O–H groups in total. The summed E-state index contributed by atoms with van der Waals surface area (Å²) in [7, 11) is 0. The van der Waals surface area contributed by atoms with E-state index < -0.39 is 17.7 Å². The highest BCUT2D eigenvalue weighted by molar-refractivity contribution is 6.33. The number of carbonyl (C=O) groups is 1. The maximum absolute atomic E-state index is 13.4. The number of anilines is 2. The molecule has 8 heteroatoms. The number of nitrogens with one attached hydrogen (secondary N) is 1. The van der Waals surface area contributed by atoms with Gasteiger partial charge in [-0.05, 0) is 54.7 Å². The van der Waals surface area contributed by atoms with Crippen LogP contribution in [0.15, 0.2) is 42.5 Å². The number of hydrogen-bond acceptors (Lipinski definition) is 3. The number of hydrogen-bond donors (Lipinski definition) is 1. The van der Waals surface area contributed by atoms with Crippen LogP contribution in [0.2, 0.25) is 5.02 Å². The van der Waals surface area contributed by atoms with Gasteiger partial charge in [0, 0.05) is 31.9 Å². The lowest BCUT2D eigenvalue weighted by Crippen LogP contribution is -2.61. The van der Waals surface area contributed by atoms with E-state index in [1.54, 1.807) is 6.07 Å². The van der Waals surface area contributed by atoms with Crippen molar-refractivity contribution in [2.45, 2.75) is 38.9 Å². The fourth-order valence-electron chi connectivity index (χ4n) is 4.84. The van der Waals surface area contributed by atoms with E-state index in [0.29, 0.717) is 42.7 Å². The van der Waals surface area contributed by atoms with Crippen LogP contribution in [-0.4, -0.2) is 38.1 Å². The first kappa shape index (κ1) is 23.7. The minimum Gasteiger partial charge on any atom is -0.366 e. The van der Waals surface area contributed by atoms with Gasteiger partial charge in [0.05, 0.1) is 28.2 Å². The molecule has 178 valence electrons. The molecule has 2 heterocycles. The Kier molecular flexibility index (Phi) is 6.80. The molecule has 4 rings (SSSR count). The highest BCUT2D eigenvalue weighted by atomic mass is 35.5. The lowest BCUT2D eigenvalue weighted by Gasteiger charge is -2.50. The predicted molar refractivity (Wildman–Crippen MR) is 126 cm³/mol. The largest absolute Gasteiger partial charge is 0.416 e. The standard InChI is InChI=1S/C25H29ClF3N3O/c1-16(2)9-10-30-24(33)19-14-17-13-18(25(27,28)29)7-8-21(17)32-12-11-31(15-23(19)32)22-6-4-3-5-20(22)26/h3-8,13,16,19,23H,9-12,14-15H2,1-2H3,(H,30,33). The first-order chi connectivity index (χ1) is 15.6. The first-order valence-electron chi connectivity index (χ1n) is 11.4. The molecule has 33 heavy (non-hydrogen) atoms. The number of benzene rings is 2. The van der Waals surface area contributed by atoms with E-state index in [4.69, 9.17) is 11.6 Å². The fraction of sp³-hybridized carbons (Fsp3) is 0.480. The van der Waals surface area contributed by atoms with Crippen LogP contribution < -0.4 is 15.1 Å². The van der Waals surface area contributed by atoms with E-state index in [1.807, 2.05) is 24.3 Å². The van der Waals surface area contributed by atoms with Gasteiger partial charge in [0.15, 0.2) is 0 Å². The van der Waals surface area contributed by atoms with Gasteiger partial charge < -0.3 is 15.1 Å². The zero-order valence-corrected chi connectivity index (χ0v) is 19.6. The summed E-state index contributed by atoms with van der Waals surface area (Å²) in [6.45, 7) is 6.58. The summed E-state index contributed by atoms with van der Waals surface area (Å²) in [5.41, 5.74) is 1.61. The zero-order valence-electron chi connectivity index (χ0n) is 18.8. The van der Waals surface area contributed by atoms with E-state index in [9.17, 15) is 18.0 Å². The van der Waals surface area contributed by atoms with Gasteiger partial charge in [-0.25, -0.2) is 0 Å². The van der Waals surface area contributed by atoms with Crippen LogP contribution in [0, 0.1) is 11.8 Å². The Morgan fingerprint density at radius 1 is 1.15 bits per heavy atom. The number of nitrogens with zero attached hydrogens (tertiary/aromatic N) is 2. The Bertz CT molecular complexity index is 1010. The average molecular weight is 480 g/mol. The van der Waals surface area contributed by atoms with Crippen molar-refractivity contribution in [3.05, 3.63) is 58.6 Å². The number of rotatable bonds is 5. The maximum atomic E-state index is 13.4. The molecule has 0 aromatic heterocycles. The van der Waals surface area contributed by atoms with E-state index in [0.717, 1.165) is 23.9 Å². The molecule has 2 aromatic rings. The van der Waals surface area contributed by atoms with Gasteiger partial charge in [0.25, 0.3) is 0 Å². The molecule has 2 atom stereocenters. The zero-order chi connectivity index (χ0) is 23.8. The van der Waals surface area contributed by atoms with Gasteiger partial charge in [-0.1, -0.05) is 37.6 Å². The monoisotopic (exact) mass is 479 g/mol. The van der Waals surface area contributed by atoms with Crippen molar-refractivity contribution in [3.8, 4) is 0 Å². The molecular weight excluding hydrogens is 451 g/mol. The Morgan fingerprint density at radius 2 is 1.91 bits per heavy atom. The number of fused-ring (bicyclic) bond motifs is 3. The smallest absolute Gasteiger partial charge is 0.366 e. The van der Waals surface area contributed by atoms with Crippen molar-refractivity contribution in [1.29, 1.82) is 0 Å². The van der Waals surface area contributed by atoms with Crippen molar-refractivity contribution in [2.24, 2.45) is 11.8 Å². The van der Waals surface area contributed by atoms with Crippen LogP contribution in [0.3, 0.4) is 0 Å². The summed E-state index contributed by atoms with van der Waals surface area (Å²) in [5, 5.41) is 3.67. The molecule has 0 aliphatic carbocycles. The number of halogens is 4. The van der Waals surface area contributed by atoms with Crippen LogP contribution in [0.25, 0.3) is 0 Å². The summed E-state index contributed by atoms with van der Waals surface area (Å²) in [5.74, 6) is -0.0956. The molecule has 2 unspecified atom stereocenters. The van der Waals surface area contributed by atoms with Gasteiger partial charge in [-0.15, -0.1) is 0 Å². The first-order valence-corrected chi connectivity index (χ1v) is 11.8. The van der Waals surface area contributed by atoms with Crippen molar-refractivity contribution in [1.82, 2.24) is 5.32 Å². The molecule has 1 saturated heterocycles. The molecule has 4 nitrogen and oxygen atoms in total. The minimum atomic E-state index is -4.41. The second kappa shape index (κ2) is 9.45. The summed E-state index contributed by atoms with van der Waals surface area (Å²) in [4.78, 5) is 17.5. The second-order valence-corrected chi connectivity index (χ2v) is 9.69. The number of carbonyl (C=O) groups excluding carboxylic acids is 1. The number of para-hydroxylation sites is 1. The predicted octanol–water partition coefficient (Wildman–Crippen LogP) is 5.39. The minimum absolute atomic E-state index is 0.102. The third-order valence-electron chi connectivity index (χ3n) is 6.59. The molecule has 0 spiro atoms. The molecule has 1 amide bonds. The average Bonchev–Trinajstić information content (AvgIpc) is 2.77. The quantitative estimate of drug-likeness (QED) is 0.624. The van der Waals surface area contributed by atoms with Gasteiger partial charge in [-0.2, -0.15) is 13.2 Å². The number of alkyl halides is 3. The lowest BCUT2D eigenvalue weighted by molar-refractivity contribution is -0.137. The third kappa shape index (κ3) is 5.08. The summed E-state index contributed by atoms with van der Waals surface area (Å²) in [6.07, 6.45) is -3.28. The van der Waals surface area contributed by atoms with E-state index in [1.165, 1.54) is 6.07 Å². The molecule has 0 bridgehead atoms. The Balaban J connectivity index is 1.65. The molecule has 2 aromatic carbocycles. The van der Waals surface area contributed by atoms with Crippen molar-refractivity contribution in [2.75, 3.05) is 36.0 Å².